The van der Waals surface area contributed by atoms with Crippen molar-refractivity contribution in [3.05, 3.63) is 53.6 Å². The molecule has 2 aromatic rings. The van der Waals surface area contributed by atoms with Crippen LogP contribution < -0.4 is 19.5 Å². The van der Waals surface area contributed by atoms with Crippen molar-refractivity contribution in [1.29, 1.82) is 0 Å². The molecule has 1 amide bonds. The third-order valence-corrected chi connectivity index (χ3v) is 3.58. The van der Waals surface area contributed by atoms with Crippen molar-refractivity contribution < 1.29 is 27.8 Å². The van der Waals surface area contributed by atoms with E-state index in [4.69, 9.17) is 9.47 Å². The number of amides is 1. The molecule has 0 saturated carbocycles. The van der Waals surface area contributed by atoms with E-state index >= 15 is 0 Å². The van der Waals surface area contributed by atoms with Gasteiger partial charge in [-0.15, -0.1) is 0 Å². The summed E-state index contributed by atoms with van der Waals surface area (Å²) < 4.78 is 39.3. The summed E-state index contributed by atoms with van der Waals surface area (Å²) in [4.78, 5) is 12.4. The van der Waals surface area contributed by atoms with Crippen LogP contribution in [0.2, 0.25) is 0 Å². The Balaban J connectivity index is 2.15. The molecular formula is C18H19F2NO4. The van der Waals surface area contributed by atoms with Crippen LogP contribution in [0.5, 0.6) is 17.2 Å². The van der Waals surface area contributed by atoms with E-state index in [1.165, 1.54) is 31.4 Å². The molecule has 0 aliphatic heterocycles. The molecule has 0 aliphatic carbocycles. The number of alkyl halides is 2. The van der Waals surface area contributed by atoms with Gasteiger partial charge in [-0.3, -0.25) is 4.79 Å². The van der Waals surface area contributed by atoms with Crippen LogP contribution in [0.15, 0.2) is 42.5 Å². The molecule has 0 heterocycles. The number of hydrogen-bond donors (Lipinski definition) is 1. The average Bonchev–Trinajstić information content (AvgIpc) is 2.60. The van der Waals surface area contributed by atoms with Gasteiger partial charge in [0.05, 0.1) is 20.3 Å². The van der Waals surface area contributed by atoms with Crippen LogP contribution in [-0.2, 0) is 0 Å². The first kappa shape index (κ1) is 18.5. The first-order valence-corrected chi connectivity index (χ1v) is 7.52. The van der Waals surface area contributed by atoms with Gasteiger partial charge in [0, 0.05) is 17.2 Å². The van der Waals surface area contributed by atoms with Gasteiger partial charge in [0.25, 0.3) is 5.91 Å². The van der Waals surface area contributed by atoms with Gasteiger partial charge in [0.1, 0.15) is 17.2 Å². The van der Waals surface area contributed by atoms with Gasteiger partial charge in [0.2, 0.25) is 0 Å². The molecule has 0 fully saturated rings. The highest BCUT2D eigenvalue weighted by atomic mass is 19.3. The fourth-order valence-electron chi connectivity index (χ4n) is 2.35. The fourth-order valence-corrected chi connectivity index (χ4v) is 2.35. The van der Waals surface area contributed by atoms with E-state index in [1.807, 2.05) is 0 Å². The Kier molecular flexibility index (Phi) is 6.16. The Labute approximate surface area is 144 Å². The van der Waals surface area contributed by atoms with Crippen molar-refractivity contribution in [3.63, 3.8) is 0 Å². The number of nitrogens with one attached hydrogen (secondary N) is 1. The minimum absolute atomic E-state index is 0.0719. The van der Waals surface area contributed by atoms with Gasteiger partial charge in [-0.2, -0.15) is 8.78 Å². The molecule has 2 aromatic carbocycles. The summed E-state index contributed by atoms with van der Waals surface area (Å²) in [6.07, 6.45) is 0. The van der Waals surface area contributed by atoms with Crippen molar-refractivity contribution in [1.82, 2.24) is 5.32 Å². The van der Waals surface area contributed by atoms with Crippen LogP contribution >= 0.6 is 0 Å². The largest absolute Gasteiger partial charge is 0.497 e. The summed E-state index contributed by atoms with van der Waals surface area (Å²) in [7, 11) is 3.08. The zero-order chi connectivity index (χ0) is 18.4. The zero-order valence-electron chi connectivity index (χ0n) is 14.1. The summed E-state index contributed by atoms with van der Waals surface area (Å²) >= 11 is 0. The van der Waals surface area contributed by atoms with E-state index in [-0.39, 0.29) is 17.4 Å². The number of carbonyl (C=O) groups excluding carboxylic acids is 1. The predicted molar refractivity (Wildman–Crippen MR) is 88.5 cm³/mol. The molecule has 0 spiro atoms. The maximum atomic E-state index is 12.4. The van der Waals surface area contributed by atoms with Crippen LogP contribution in [0, 0.1) is 0 Å². The number of carbonyl (C=O) groups is 1. The normalized spacial score (nSPS) is 11.8. The summed E-state index contributed by atoms with van der Waals surface area (Å²) in [6.45, 7) is -1.15. The molecular weight excluding hydrogens is 332 g/mol. The molecule has 1 N–H and O–H groups in total. The van der Waals surface area contributed by atoms with Crippen molar-refractivity contribution in [2.45, 2.75) is 19.6 Å². The van der Waals surface area contributed by atoms with Gasteiger partial charge in [0.15, 0.2) is 0 Å². The second kappa shape index (κ2) is 8.32. The molecule has 0 aromatic heterocycles. The quantitative estimate of drug-likeness (QED) is 0.824. The molecule has 0 bridgehead atoms. The van der Waals surface area contributed by atoms with E-state index in [9.17, 15) is 13.6 Å². The van der Waals surface area contributed by atoms with E-state index in [1.54, 1.807) is 32.2 Å². The van der Waals surface area contributed by atoms with Crippen LogP contribution in [0.25, 0.3) is 0 Å². The van der Waals surface area contributed by atoms with Crippen LogP contribution in [-0.4, -0.2) is 26.7 Å². The van der Waals surface area contributed by atoms with Gasteiger partial charge in [-0.05, 0) is 37.3 Å². The Bertz CT molecular complexity index is 737. The molecule has 7 heteroatoms. The number of rotatable bonds is 7. The van der Waals surface area contributed by atoms with Crippen molar-refractivity contribution in [2.24, 2.45) is 0 Å². The molecule has 2 rings (SSSR count). The van der Waals surface area contributed by atoms with E-state index in [0.717, 1.165) is 5.56 Å². The molecule has 0 saturated heterocycles. The number of methoxy groups -OCH3 is 2. The molecule has 1 atom stereocenters. The molecule has 25 heavy (non-hydrogen) atoms. The maximum absolute atomic E-state index is 12.4. The smallest absolute Gasteiger partial charge is 0.387 e. The number of benzene rings is 2. The van der Waals surface area contributed by atoms with Crippen molar-refractivity contribution in [2.75, 3.05) is 14.2 Å². The van der Waals surface area contributed by atoms with E-state index in [2.05, 4.69) is 10.1 Å². The lowest BCUT2D eigenvalue weighted by molar-refractivity contribution is -0.0498. The standard InChI is InChI=1S/C18H19F2NO4/c1-11(15-8-7-13(23-2)10-16(15)24-3)21-17(22)12-5-4-6-14(9-12)25-18(19)20/h4-11,18H,1-3H3,(H,21,22). The number of hydrogen-bond acceptors (Lipinski definition) is 4. The van der Waals surface area contributed by atoms with Gasteiger partial charge in [-0.25, -0.2) is 0 Å². The van der Waals surface area contributed by atoms with E-state index < -0.39 is 12.5 Å². The topological polar surface area (TPSA) is 56.8 Å². The molecule has 5 nitrogen and oxygen atoms in total. The van der Waals surface area contributed by atoms with Crippen molar-refractivity contribution >= 4 is 5.91 Å². The lowest BCUT2D eigenvalue weighted by Gasteiger charge is -2.18. The SMILES string of the molecule is COc1ccc(C(C)NC(=O)c2cccc(OC(F)F)c2)c(OC)c1. The average molecular weight is 351 g/mol. The summed E-state index contributed by atoms with van der Waals surface area (Å²) in [5.74, 6) is 0.723. The Morgan fingerprint density at radius 1 is 1.04 bits per heavy atom. The molecule has 0 aliphatic rings. The summed E-state index contributed by atoms with van der Waals surface area (Å²) in [5, 5.41) is 2.80. The molecule has 0 radical (unpaired) electrons. The third-order valence-electron chi connectivity index (χ3n) is 3.58. The van der Waals surface area contributed by atoms with Crippen LogP contribution in [0.1, 0.15) is 28.9 Å². The van der Waals surface area contributed by atoms with Crippen LogP contribution in [0.3, 0.4) is 0 Å². The molecule has 134 valence electrons. The Hall–Kier alpha value is -2.83. The monoisotopic (exact) mass is 351 g/mol. The summed E-state index contributed by atoms with van der Waals surface area (Å²) in [5.41, 5.74) is 0.981. The Morgan fingerprint density at radius 3 is 2.44 bits per heavy atom. The van der Waals surface area contributed by atoms with Crippen molar-refractivity contribution in [3.8, 4) is 17.2 Å². The van der Waals surface area contributed by atoms with E-state index in [0.29, 0.717) is 11.5 Å². The lowest BCUT2D eigenvalue weighted by atomic mass is 10.1. The van der Waals surface area contributed by atoms with Gasteiger partial charge >= 0.3 is 6.61 Å². The minimum Gasteiger partial charge on any atom is -0.497 e. The lowest BCUT2D eigenvalue weighted by Crippen LogP contribution is -2.27. The second-order valence-corrected chi connectivity index (χ2v) is 5.21. The summed E-state index contributed by atoms with van der Waals surface area (Å²) in [6, 6.07) is 10.5. The highest BCUT2D eigenvalue weighted by molar-refractivity contribution is 5.94. The number of ether oxygens (including phenoxy) is 3. The zero-order valence-corrected chi connectivity index (χ0v) is 14.1. The minimum atomic E-state index is -2.94. The van der Waals surface area contributed by atoms with Gasteiger partial charge < -0.3 is 19.5 Å². The molecule has 1 unspecified atom stereocenters. The van der Waals surface area contributed by atoms with Crippen LogP contribution in [0.4, 0.5) is 8.78 Å². The predicted octanol–water partition coefficient (Wildman–Crippen LogP) is 3.80. The first-order chi connectivity index (χ1) is 11.9. The second-order valence-electron chi connectivity index (χ2n) is 5.21. The highest BCUT2D eigenvalue weighted by Crippen LogP contribution is 2.29. The number of halogens is 2. The Morgan fingerprint density at radius 2 is 1.80 bits per heavy atom. The fraction of sp³-hybridized carbons (Fsp3) is 0.278. The first-order valence-electron chi connectivity index (χ1n) is 7.52. The third kappa shape index (κ3) is 4.82. The maximum Gasteiger partial charge on any atom is 0.387 e. The highest BCUT2D eigenvalue weighted by Gasteiger charge is 2.16. The van der Waals surface area contributed by atoms with Gasteiger partial charge in [-0.1, -0.05) is 6.07 Å².